The summed E-state index contributed by atoms with van der Waals surface area (Å²) in [5.41, 5.74) is 1.18. The maximum Gasteiger partial charge on any atom is 0.321 e. The summed E-state index contributed by atoms with van der Waals surface area (Å²) in [6.45, 7) is 0.322. The molecule has 168 valence electrons. The molecule has 32 heavy (non-hydrogen) atoms. The van der Waals surface area contributed by atoms with Gasteiger partial charge in [0, 0.05) is 12.2 Å². The van der Waals surface area contributed by atoms with E-state index in [1.807, 2.05) is 30.3 Å². The maximum absolute atomic E-state index is 12.4. The lowest BCUT2D eigenvalue weighted by molar-refractivity contribution is -0.141. The van der Waals surface area contributed by atoms with E-state index < -0.39 is 27.9 Å². The van der Waals surface area contributed by atoms with E-state index >= 15 is 0 Å². The fourth-order valence-corrected chi connectivity index (χ4v) is 3.87. The Morgan fingerprint density at radius 3 is 2.28 bits per heavy atom. The average Bonchev–Trinajstić information content (AvgIpc) is 3.30. The molecule has 0 radical (unpaired) electrons. The van der Waals surface area contributed by atoms with E-state index in [-0.39, 0.29) is 24.4 Å². The number of furan rings is 1. The van der Waals surface area contributed by atoms with Crippen molar-refractivity contribution in [3.05, 3.63) is 84.3 Å². The van der Waals surface area contributed by atoms with Gasteiger partial charge in [0.25, 0.3) is 0 Å². The minimum Gasteiger partial charge on any atom is -0.480 e. The number of hydrogen-bond donors (Lipinski definition) is 4. The number of carboxylic acids is 1. The van der Waals surface area contributed by atoms with Crippen molar-refractivity contribution in [2.24, 2.45) is 0 Å². The van der Waals surface area contributed by atoms with Crippen molar-refractivity contribution in [2.45, 2.75) is 30.4 Å². The Hall–Kier alpha value is -3.47. The molecule has 0 saturated carbocycles. The zero-order chi connectivity index (χ0) is 23.0. The predicted octanol–water partition coefficient (Wildman–Crippen LogP) is 2.33. The molecule has 9 nitrogen and oxygen atoms in total. The summed E-state index contributed by atoms with van der Waals surface area (Å²) in [6.07, 6.45) is 1.16. The van der Waals surface area contributed by atoms with Gasteiger partial charge in [-0.2, -0.15) is 0 Å². The molecule has 0 fully saturated rings. The molecule has 1 atom stereocenters. The van der Waals surface area contributed by atoms with Crippen molar-refractivity contribution in [2.75, 3.05) is 5.32 Å². The summed E-state index contributed by atoms with van der Waals surface area (Å²) in [4.78, 5) is 23.7. The van der Waals surface area contributed by atoms with Crippen LogP contribution in [0.1, 0.15) is 17.7 Å². The molecule has 0 spiro atoms. The predicted molar refractivity (Wildman–Crippen MR) is 117 cm³/mol. The molecule has 0 aliphatic rings. The molecule has 1 unspecified atom stereocenters. The normalized spacial score (nSPS) is 12.2. The maximum atomic E-state index is 12.4. The first-order valence-corrected chi connectivity index (χ1v) is 11.2. The second-order valence-electron chi connectivity index (χ2n) is 6.94. The van der Waals surface area contributed by atoms with E-state index in [4.69, 9.17) is 4.42 Å². The average molecular weight is 458 g/mol. The van der Waals surface area contributed by atoms with Crippen LogP contribution >= 0.6 is 0 Å². The molecule has 3 aromatic rings. The lowest BCUT2D eigenvalue weighted by atomic mass is 10.2. The zero-order valence-electron chi connectivity index (χ0n) is 17.0. The fraction of sp³-hybridized carbons (Fsp3) is 0.182. The van der Waals surface area contributed by atoms with Crippen molar-refractivity contribution in [1.82, 2.24) is 10.0 Å². The topological polar surface area (TPSA) is 138 Å². The van der Waals surface area contributed by atoms with Crippen LogP contribution in [0.3, 0.4) is 0 Å². The molecule has 10 heteroatoms. The molecule has 1 amide bonds. The van der Waals surface area contributed by atoms with E-state index in [2.05, 4.69) is 15.4 Å². The number of sulfonamides is 1. The number of carbonyl (C=O) groups excluding carboxylic acids is 1. The number of carboxylic acid groups (broad SMARTS) is 1. The second kappa shape index (κ2) is 10.7. The number of aliphatic carboxylic acids is 1. The third-order valence-electron chi connectivity index (χ3n) is 4.55. The van der Waals surface area contributed by atoms with E-state index in [9.17, 15) is 23.1 Å². The second-order valence-corrected chi connectivity index (χ2v) is 8.70. The van der Waals surface area contributed by atoms with E-state index in [0.717, 1.165) is 5.56 Å². The van der Waals surface area contributed by atoms with Gasteiger partial charge < -0.3 is 14.8 Å². The van der Waals surface area contributed by atoms with Gasteiger partial charge in [-0.1, -0.05) is 30.3 Å². The highest BCUT2D eigenvalue weighted by Gasteiger charge is 2.21. The van der Waals surface area contributed by atoms with Crippen LogP contribution in [0.5, 0.6) is 0 Å². The summed E-state index contributed by atoms with van der Waals surface area (Å²) >= 11 is 0. The molecular weight excluding hydrogens is 434 g/mol. The molecule has 1 aromatic heterocycles. The number of carbonyl (C=O) groups is 2. The Labute approximate surface area is 185 Å². The van der Waals surface area contributed by atoms with Gasteiger partial charge in [0.1, 0.15) is 11.8 Å². The molecular formula is C22H23N3O6S. The largest absolute Gasteiger partial charge is 0.480 e. The lowest BCUT2D eigenvalue weighted by Crippen LogP contribution is -2.39. The van der Waals surface area contributed by atoms with Crippen molar-refractivity contribution >= 4 is 27.6 Å². The third kappa shape index (κ3) is 6.77. The number of nitrogens with one attached hydrogen (secondary N) is 3. The SMILES string of the molecule is O=C(CC(NCc1ccco1)C(=O)O)Nc1ccc(S(=O)(=O)NCc2ccccc2)cc1. The summed E-state index contributed by atoms with van der Waals surface area (Å²) in [6, 6.07) is 17.0. The summed E-state index contributed by atoms with van der Waals surface area (Å²) < 4.78 is 32.6. The minimum absolute atomic E-state index is 0.0509. The lowest BCUT2D eigenvalue weighted by Gasteiger charge is -2.14. The van der Waals surface area contributed by atoms with Gasteiger partial charge in [-0.05, 0) is 42.0 Å². The number of hydrogen-bond acceptors (Lipinski definition) is 6. The van der Waals surface area contributed by atoms with Crippen LogP contribution in [-0.2, 0) is 32.7 Å². The Morgan fingerprint density at radius 1 is 0.938 bits per heavy atom. The molecule has 0 aliphatic heterocycles. The summed E-state index contributed by atoms with van der Waals surface area (Å²) in [5, 5.41) is 14.7. The van der Waals surface area contributed by atoms with E-state index in [1.165, 1.54) is 30.5 Å². The fourth-order valence-electron chi connectivity index (χ4n) is 2.86. The third-order valence-corrected chi connectivity index (χ3v) is 5.97. The highest BCUT2D eigenvalue weighted by Crippen LogP contribution is 2.15. The van der Waals surface area contributed by atoms with Gasteiger partial charge in [-0.15, -0.1) is 0 Å². The Balaban J connectivity index is 1.54. The highest BCUT2D eigenvalue weighted by molar-refractivity contribution is 7.89. The smallest absolute Gasteiger partial charge is 0.321 e. The summed E-state index contributed by atoms with van der Waals surface area (Å²) in [7, 11) is -3.72. The van der Waals surface area contributed by atoms with Gasteiger partial charge in [-0.3, -0.25) is 14.9 Å². The quantitative estimate of drug-likeness (QED) is 0.347. The van der Waals surface area contributed by atoms with Gasteiger partial charge in [0.15, 0.2) is 0 Å². The van der Waals surface area contributed by atoms with Crippen LogP contribution < -0.4 is 15.4 Å². The number of anilines is 1. The van der Waals surface area contributed by atoms with Crippen LogP contribution in [0.25, 0.3) is 0 Å². The van der Waals surface area contributed by atoms with Crippen LogP contribution in [0, 0.1) is 0 Å². The number of rotatable bonds is 11. The van der Waals surface area contributed by atoms with Gasteiger partial charge in [0.05, 0.1) is 24.1 Å². The number of amides is 1. The Kier molecular flexibility index (Phi) is 7.77. The molecule has 2 aromatic carbocycles. The zero-order valence-corrected chi connectivity index (χ0v) is 17.8. The van der Waals surface area contributed by atoms with E-state index in [1.54, 1.807) is 12.1 Å². The van der Waals surface area contributed by atoms with Crippen LogP contribution in [0.15, 0.2) is 82.3 Å². The first-order chi connectivity index (χ1) is 15.3. The van der Waals surface area contributed by atoms with Crippen molar-refractivity contribution < 1.29 is 27.5 Å². The van der Waals surface area contributed by atoms with Crippen LogP contribution in [0.4, 0.5) is 5.69 Å². The first kappa shape index (κ1) is 23.2. The molecule has 3 rings (SSSR count). The number of benzene rings is 2. The molecule has 0 saturated heterocycles. The van der Waals surface area contributed by atoms with Gasteiger partial charge in [0.2, 0.25) is 15.9 Å². The molecule has 1 heterocycles. The standard InChI is InChI=1S/C22H23N3O6S/c26-21(13-20(22(27)28)23-15-18-7-4-12-31-18)25-17-8-10-19(11-9-17)32(29,30)24-14-16-5-2-1-3-6-16/h1-12,20,23-24H,13-15H2,(H,25,26)(H,27,28). The molecule has 4 N–H and O–H groups in total. The Morgan fingerprint density at radius 2 is 1.66 bits per heavy atom. The van der Waals surface area contributed by atoms with Gasteiger partial charge >= 0.3 is 5.97 Å². The highest BCUT2D eigenvalue weighted by atomic mass is 32.2. The molecule has 0 aliphatic carbocycles. The van der Waals surface area contributed by atoms with Crippen molar-refractivity contribution in [3.63, 3.8) is 0 Å². The Bertz CT molecular complexity index is 1130. The minimum atomic E-state index is -3.72. The summed E-state index contributed by atoms with van der Waals surface area (Å²) in [5.74, 6) is -1.14. The van der Waals surface area contributed by atoms with Crippen LogP contribution in [-0.4, -0.2) is 31.4 Å². The van der Waals surface area contributed by atoms with E-state index in [0.29, 0.717) is 11.4 Å². The van der Waals surface area contributed by atoms with Crippen LogP contribution in [0.2, 0.25) is 0 Å². The molecule has 0 bridgehead atoms. The van der Waals surface area contributed by atoms with Crippen molar-refractivity contribution in [3.8, 4) is 0 Å². The van der Waals surface area contributed by atoms with Crippen molar-refractivity contribution in [1.29, 1.82) is 0 Å². The monoisotopic (exact) mass is 457 g/mol. The first-order valence-electron chi connectivity index (χ1n) is 9.75. The van der Waals surface area contributed by atoms with Gasteiger partial charge in [-0.25, -0.2) is 13.1 Å².